The molecule has 0 saturated carbocycles. The van der Waals surface area contributed by atoms with Crippen LogP contribution in [0.5, 0.6) is 0 Å². The maximum absolute atomic E-state index is 12.5. The molecule has 0 bridgehead atoms. The van der Waals surface area contributed by atoms with Crippen molar-refractivity contribution < 1.29 is 4.79 Å². The quantitative estimate of drug-likeness (QED) is 0.487. The van der Waals surface area contributed by atoms with Crippen LogP contribution in [0.2, 0.25) is 5.15 Å². The topological polar surface area (TPSA) is 105 Å². The van der Waals surface area contributed by atoms with E-state index in [0.29, 0.717) is 5.69 Å². The fraction of sp³-hybridized carbons (Fsp3) is 0. The average Bonchev–Trinajstić information content (AvgIpc) is 2.65. The van der Waals surface area contributed by atoms with Gasteiger partial charge in [-0.3, -0.25) is 10.1 Å². The Morgan fingerprint density at radius 1 is 1.04 bits per heavy atom. The maximum Gasteiger partial charge on any atom is 0.280 e. The zero-order chi connectivity index (χ0) is 18.4. The molecule has 1 amide bonds. The van der Waals surface area contributed by atoms with Crippen LogP contribution in [0.3, 0.4) is 0 Å². The average molecular weight is 367 g/mol. The molecular weight excluding hydrogens is 352 g/mol. The SMILES string of the molecule is Nc1ncc(Cl)nc1C(=O)NC(=Nc1ccccc1)Nc1ccccc1. The number of nitrogens with two attached hydrogens (primary N) is 1. The summed E-state index contributed by atoms with van der Waals surface area (Å²) in [6.07, 6.45) is 1.27. The van der Waals surface area contributed by atoms with Gasteiger partial charge in [-0.05, 0) is 24.3 Å². The van der Waals surface area contributed by atoms with E-state index in [2.05, 4.69) is 25.6 Å². The summed E-state index contributed by atoms with van der Waals surface area (Å²) in [5, 5.41) is 5.79. The largest absolute Gasteiger partial charge is 0.382 e. The minimum atomic E-state index is -0.574. The van der Waals surface area contributed by atoms with Crippen LogP contribution in [0.15, 0.2) is 71.9 Å². The van der Waals surface area contributed by atoms with Gasteiger partial charge >= 0.3 is 0 Å². The molecule has 8 heteroatoms. The number of anilines is 2. The minimum absolute atomic E-state index is 0.0225. The molecule has 1 heterocycles. The van der Waals surface area contributed by atoms with Gasteiger partial charge in [0.05, 0.1) is 11.9 Å². The first-order valence-corrected chi connectivity index (χ1v) is 8.05. The first-order chi connectivity index (χ1) is 12.6. The van der Waals surface area contributed by atoms with E-state index in [-0.39, 0.29) is 22.6 Å². The van der Waals surface area contributed by atoms with E-state index in [1.807, 2.05) is 60.7 Å². The summed E-state index contributed by atoms with van der Waals surface area (Å²) in [4.78, 5) is 24.7. The third kappa shape index (κ3) is 4.55. The Morgan fingerprint density at radius 3 is 2.38 bits per heavy atom. The number of benzene rings is 2. The fourth-order valence-electron chi connectivity index (χ4n) is 2.09. The highest BCUT2D eigenvalue weighted by atomic mass is 35.5. The van der Waals surface area contributed by atoms with Crippen LogP contribution in [0.4, 0.5) is 17.2 Å². The van der Waals surface area contributed by atoms with Crippen LogP contribution in [0, 0.1) is 0 Å². The molecule has 3 aromatic rings. The number of nitrogens with zero attached hydrogens (tertiary/aromatic N) is 3. The van der Waals surface area contributed by atoms with Gasteiger partial charge in [0.15, 0.2) is 11.5 Å². The summed E-state index contributed by atoms with van der Waals surface area (Å²) in [7, 11) is 0. The van der Waals surface area contributed by atoms with E-state index < -0.39 is 5.91 Å². The van der Waals surface area contributed by atoms with Crippen molar-refractivity contribution in [2.75, 3.05) is 11.1 Å². The molecule has 4 N–H and O–H groups in total. The van der Waals surface area contributed by atoms with Gasteiger partial charge in [-0.2, -0.15) is 0 Å². The molecule has 1 aromatic heterocycles. The molecule has 0 saturated heterocycles. The number of carbonyl (C=O) groups excluding carboxylic acids is 1. The van der Waals surface area contributed by atoms with E-state index in [9.17, 15) is 4.79 Å². The number of aliphatic imine (C=N–C) groups is 1. The molecule has 0 atom stereocenters. The summed E-state index contributed by atoms with van der Waals surface area (Å²) >= 11 is 5.80. The molecule has 0 spiro atoms. The smallest absolute Gasteiger partial charge is 0.280 e. The highest BCUT2D eigenvalue weighted by Crippen LogP contribution is 2.13. The Hall–Kier alpha value is -3.45. The van der Waals surface area contributed by atoms with Crippen molar-refractivity contribution in [1.82, 2.24) is 15.3 Å². The Labute approximate surface area is 155 Å². The second kappa shape index (κ2) is 8.09. The van der Waals surface area contributed by atoms with Crippen molar-refractivity contribution in [2.45, 2.75) is 0 Å². The van der Waals surface area contributed by atoms with Gasteiger partial charge in [-0.25, -0.2) is 15.0 Å². The molecule has 130 valence electrons. The standard InChI is InChI=1S/C18H15ClN6O/c19-14-11-21-16(20)15(24-14)17(26)25-18(22-12-7-3-1-4-8-12)23-13-9-5-2-6-10-13/h1-11H,(H2,20,21)(H2,22,23,25,26). The summed E-state index contributed by atoms with van der Waals surface area (Å²) in [6, 6.07) is 18.5. The summed E-state index contributed by atoms with van der Waals surface area (Å²) in [6.45, 7) is 0. The van der Waals surface area contributed by atoms with Crippen molar-refractivity contribution in [1.29, 1.82) is 0 Å². The van der Waals surface area contributed by atoms with Crippen LogP contribution in [0.25, 0.3) is 0 Å². The number of rotatable bonds is 3. The Bertz CT molecular complexity index is 931. The molecule has 0 aliphatic heterocycles. The summed E-state index contributed by atoms with van der Waals surface area (Å²) in [5.41, 5.74) is 7.06. The number of para-hydroxylation sites is 2. The van der Waals surface area contributed by atoms with Gasteiger partial charge in [0.2, 0.25) is 5.96 Å². The normalized spacial score (nSPS) is 11.0. The minimum Gasteiger partial charge on any atom is -0.382 e. The van der Waals surface area contributed by atoms with Crippen molar-refractivity contribution in [3.05, 3.63) is 77.7 Å². The number of halogens is 1. The number of nitrogens with one attached hydrogen (secondary N) is 2. The molecule has 7 nitrogen and oxygen atoms in total. The van der Waals surface area contributed by atoms with Crippen LogP contribution in [-0.4, -0.2) is 21.8 Å². The molecule has 0 aliphatic rings. The third-order valence-corrected chi connectivity index (χ3v) is 3.43. The van der Waals surface area contributed by atoms with Crippen LogP contribution < -0.4 is 16.4 Å². The van der Waals surface area contributed by atoms with Crippen LogP contribution in [0.1, 0.15) is 10.5 Å². The van der Waals surface area contributed by atoms with Crippen molar-refractivity contribution in [3.63, 3.8) is 0 Å². The van der Waals surface area contributed by atoms with E-state index >= 15 is 0 Å². The number of hydrogen-bond acceptors (Lipinski definition) is 5. The second-order valence-corrected chi connectivity index (χ2v) is 5.55. The molecule has 0 radical (unpaired) electrons. The first kappa shape index (κ1) is 17.4. The number of aromatic nitrogens is 2. The molecule has 3 rings (SSSR count). The number of hydrogen-bond donors (Lipinski definition) is 3. The van der Waals surface area contributed by atoms with E-state index in [4.69, 9.17) is 17.3 Å². The van der Waals surface area contributed by atoms with Gasteiger partial charge in [-0.1, -0.05) is 48.0 Å². The highest BCUT2D eigenvalue weighted by molar-refractivity contribution is 6.29. The van der Waals surface area contributed by atoms with Gasteiger partial charge in [-0.15, -0.1) is 0 Å². The number of nitrogen functional groups attached to an aromatic ring is 1. The second-order valence-electron chi connectivity index (χ2n) is 5.17. The predicted molar refractivity (Wildman–Crippen MR) is 103 cm³/mol. The lowest BCUT2D eigenvalue weighted by Gasteiger charge is -2.12. The molecule has 0 aliphatic carbocycles. The monoisotopic (exact) mass is 366 g/mol. The molecule has 0 fully saturated rings. The first-order valence-electron chi connectivity index (χ1n) is 7.67. The number of amides is 1. The third-order valence-electron chi connectivity index (χ3n) is 3.25. The van der Waals surface area contributed by atoms with Crippen molar-refractivity contribution >= 4 is 40.7 Å². The van der Waals surface area contributed by atoms with E-state index in [1.165, 1.54) is 6.20 Å². The maximum atomic E-state index is 12.5. The predicted octanol–water partition coefficient (Wildman–Crippen LogP) is 3.24. The lowest BCUT2D eigenvalue weighted by atomic mass is 10.3. The van der Waals surface area contributed by atoms with Gasteiger partial charge < -0.3 is 11.1 Å². The molecule has 26 heavy (non-hydrogen) atoms. The van der Waals surface area contributed by atoms with Gasteiger partial charge in [0, 0.05) is 5.69 Å². The molecule has 2 aromatic carbocycles. The zero-order valence-electron chi connectivity index (χ0n) is 13.6. The lowest BCUT2D eigenvalue weighted by molar-refractivity contribution is 0.0973. The highest BCUT2D eigenvalue weighted by Gasteiger charge is 2.16. The molecule has 0 unspecified atom stereocenters. The van der Waals surface area contributed by atoms with Gasteiger partial charge in [0.25, 0.3) is 5.91 Å². The van der Waals surface area contributed by atoms with Crippen molar-refractivity contribution in [2.24, 2.45) is 4.99 Å². The Morgan fingerprint density at radius 2 is 1.69 bits per heavy atom. The number of guanidine groups is 1. The summed E-state index contributed by atoms with van der Waals surface area (Å²) < 4.78 is 0. The van der Waals surface area contributed by atoms with Crippen LogP contribution in [-0.2, 0) is 0 Å². The zero-order valence-corrected chi connectivity index (χ0v) is 14.3. The number of carbonyl (C=O) groups is 1. The van der Waals surface area contributed by atoms with E-state index in [0.717, 1.165) is 5.69 Å². The van der Waals surface area contributed by atoms with Crippen molar-refractivity contribution in [3.8, 4) is 0 Å². The van der Waals surface area contributed by atoms with E-state index in [1.54, 1.807) is 0 Å². The Kier molecular flexibility index (Phi) is 5.40. The molecular formula is C18H15ClN6O. The lowest BCUT2D eigenvalue weighted by Crippen LogP contribution is -2.36. The fourth-order valence-corrected chi connectivity index (χ4v) is 2.22. The van der Waals surface area contributed by atoms with Crippen LogP contribution >= 0.6 is 11.6 Å². The van der Waals surface area contributed by atoms with Gasteiger partial charge in [0.1, 0.15) is 5.15 Å². The summed E-state index contributed by atoms with van der Waals surface area (Å²) in [5.74, 6) is -0.380. The Balaban J connectivity index is 1.89.